The summed E-state index contributed by atoms with van der Waals surface area (Å²) in [6, 6.07) is 0.335. The molecule has 18 heavy (non-hydrogen) atoms. The first-order valence-corrected chi connectivity index (χ1v) is 6.73. The molecule has 0 bridgehead atoms. The first-order valence-electron chi connectivity index (χ1n) is 6.73. The van der Waals surface area contributed by atoms with Crippen molar-refractivity contribution in [1.29, 1.82) is 0 Å². The molecule has 0 aromatic rings. The number of hydrogen-bond acceptors (Lipinski definition) is 5. The Bertz CT molecular complexity index is 287. The molecule has 2 atom stereocenters. The number of carbonyl (C=O) groups excluding carboxylic acids is 1. The number of ether oxygens (including phenoxy) is 1. The van der Waals surface area contributed by atoms with Crippen molar-refractivity contribution in [1.82, 2.24) is 15.2 Å². The maximum absolute atomic E-state index is 11.8. The number of fused-ring (bicyclic) bond motifs is 1. The molecule has 0 radical (unpaired) electrons. The summed E-state index contributed by atoms with van der Waals surface area (Å²) in [6.07, 6.45) is 3.84. The number of carbonyl (C=O) groups is 1. The van der Waals surface area contributed by atoms with Gasteiger partial charge in [0.15, 0.2) is 0 Å². The van der Waals surface area contributed by atoms with E-state index in [4.69, 9.17) is 10.6 Å². The molecule has 2 aliphatic rings. The molecule has 0 aliphatic carbocycles. The smallest absolute Gasteiger partial charge is 0.253 e. The van der Waals surface area contributed by atoms with Crippen molar-refractivity contribution in [3.63, 3.8) is 0 Å². The van der Waals surface area contributed by atoms with Crippen molar-refractivity contribution in [2.75, 3.05) is 39.9 Å². The van der Waals surface area contributed by atoms with Crippen LogP contribution in [0.2, 0.25) is 0 Å². The van der Waals surface area contributed by atoms with Gasteiger partial charge in [-0.2, -0.15) is 0 Å². The van der Waals surface area contributed by atoms with Crippen LogP contribution in [-0.4, -0.2) is 67.7 Å². The van der Waals surface area contributed by atoms with Crippen molar-refractivity contribution < 1.29 is 9.53 Å². The molecular formula is C12H24N4O2. The molecule has 2 saturated heterocycles. The number of amides is 1. The van der Waals surface area contributed by atoms with Crippen LogP contribution < -0.4 is 11.3 Å². The molecule has 2 rings (SSSR count). The lowest BCUT2D eigenvalue weighted by atomic mass is 9.98. The van der Waals surface area contributed by atoms with Crippen LogP contribution in [0, 0.1) is 0 Å². The molecule has 1 amide bonds. The Hall–Kier alpha value is -0.690. The van der Waals surface area contributed by atoms with E-state index < -0.39 is 0 Å². The summed E-state index contributed by atoms with van der Waals surface area (Å²) in [4.78, 5) is 16.5. The fraction of sp³-hybridized carbons (Fsp3) is 0.917. The van der Waals surface area contributed by atoms with Gasteiger partial charge in [0.2, 0.25) is 0 Å². The van der Waals surface area contributed by atoms with Gasteiger partial charge in [0.1, 0.15) is 6.04 Å². The highest BCUT2D eigenvalue weighted by Gasteiger charge is 2.34. The fourth-order valence-electron chi connectivity index (χ4n) is 3.06. The summed E-state index contributed by atoms with van der Waals surface area (Å²) >= 11 is 0. The van der Waals surface area contributed by atoms with Gasteiger partial charge in [-0.15, -0.1) is 0 Å². The highest BCUT2D eigenvalue weighted by molar-refractivity contribution is 5.81. The third kappa shape index (κ3) is 3.00. The Balaban J connectivity index is 1.96. The summed E-state index contributed by atoms with van der Waals surface area (Å²) < 4.78 is 5.14. The standard InChI is InChI=1S/C12H24N4O2/c1-18-9-11(12(17)14-13)16-7-6-15-5-3-2-4-10(15)8-16/h10-11H,2-9,13H2,1H3,(H,14,17). The predicted octanol–water partition coefficient (Wildman–Crippen LogP) is -0.839. The third-order valence-corrected chi connectivity index (χ3v) is 4.08. The number of piperidine rings is 1. The maximum atomic E-state index is 11.8. The summed E-state index contributed by atoms with van der Waals surface area (Å²) in [5.41, 5.74) is 2.24. The average Bonchev–Trinajstić information content (AvgIpc) is 2.43. The lowest BCUT2D eigenvalue weighted by Crippen LogP contribution is -2.61. The van der Waals surface area contributed by atoms with Crippen LogP contribution in [0.3, 0.4) is 0 Å². The monoisotopic (exact) mass is 256 g/mol. The van der Waals surface area contributed by atoms with Gasteiger partial charge in [-0.1, -0.05) is 6.42 Å². The molecule has 2 unspecified atom stereocenters. The topological polar surface area (TPSA) is 70.8 Å². The first kappa shape index (κ1) is 13.7. The minimum absolute atomic E-state index is 0.152. The van der Waals surface area contributed by atoms with E-state index in [9.17, 15) is 4.79 Å². The lowest BCUT2D eigenvalue weighted by molar-refractivity contribution is -0.130. The summed E-state index contributed by atoms with van der Waals surface area (Å²) in [5.74, 6) is 5.10. The number of methoxy groups -OCH3 is 1. The number of hydrogen-bond donors (Lipinski definition) is 2. The molecule has 2 aliphatic heterocycles. The largest absolute Gasteiger partial charge is 0.383 e. The Morgan fingerprint density at radius 1 is 1.44 bits per heavy atom. The SMILES string of the molecule is COCC(C(=O)NN)N1CCN2CCCCC2C1. The van der Waals surface area contributed by atoms with E-state index in [-0.39, 0.29) is 11.9 Å². The minimum Gasteiger partial charge on any atom is -0.383 e. The van der Waals surface area contributed by atoms with Crippen molar-refractivity contribution in [2.24, 2.45) is 5.84 Å². The van der Waals surface area contributed by atoms with E-state index in [1.807, 2.05) is 0 Å². The molecule has 2 heterocycles. The van der Waals surface area contributed by atoms with Crippen LogP contribution in [0.1, 0.15) is 19.3 Å². The summed E-state index contributed by atoms with van der Waals surface area (Å²) in [7, 11) is 1.62. The van der Waals surface area contributed by atoms with E-state index >= 15 is 0 Å². The maximum Gasteiger partial charge on any atom is 0.253 e. The number of piperazine rings is 1. The van der Waals surface area contributed by atoms with Crippen LogP contribution in [0.5, 0.6) is 0 Å². The molecule has 0 saturated carbocycles. The normalized spacial score (nSPS) is 27.6. The molecule has 2 fully saturated rings. The molecule has 104 valence electrons. The van der Waals surface area contributed by atoms with E-state index in [0.717, 1.165) is 19.6 Å². The van der Waals surface area contributed by atoms with Crippen LogP contribution in [0.4, 0.5) is 0 Å². The Kier molecular flexibility index (Phi) is 4.94. The van der Waals surface area contributed by atoms with Gasteiger partial charge in [0.25, 0.3) is 5.91 Å². The van der Waals surface area contributed by atoms with E-state index in [0.29, 0.717) is 12.6 Å². The number of hydrazine groups is 1. The zero-order chi connectivity index (χ0) is 13.0. The first-order chi connectivity index (χ1) is 8.76. The van der Waals surface area contributed by atoms with E-state index in [1.54, 1.807) is 7.11 Å². The second-order valence-electron chi connectivity index (χ2n) is 5.16. The highest BCUT2D eigenvalue weighted by Crippen LogP contribution is 2.22. The second kappa shape index (κ2) is 6.47. The minimum atomic E-state index is -0.260. The Labute approximate surface area is 108 Å². The predicted molar refractivity (Wildman–Crippen MR) is 68.8 cm³/mol. The van der Waals surface area contributed by atoms with Crippen molar-refractivity contribution >= 4 is 5.91 Å². The lowest BCUT2D eigenvalue weighted by Gasteiger charge is -2.45. The zero-order valence-corrected chi connectivity index (χ0v) is 11.1. The van der Waals surface area contributed by atoms with Gasteiger partial charge >= 0.3 is 0 Å². The zero-order valence-electron chi connectivity index (χ0n) is 11.1. The molecule has 3 N–H and O–H groups in total. The second-order valence-corrected chi connectivity index (χ2v) is 5.16. The average molecular weight is 256 g/mol. The Morgan fingerprint density at radius 3 is 3.00 bits per heavy atom. The molecule has 6 nitrogen and oxygen atoms in total. The fourth-order valence-corrected chi connectivity index (χ4v) is 3.06. The van der Waals surface area contributed by atoms with E-state index in [1.165, 1.54) is 25.8 Å². The molecule has 0 spiro atoms. The van der Waals surface area contributed by atoms with Gasteiger partial charge < -0.3 is 4.74 Å². The molecule has 0 aromatic heterocycles. The summed E-state index contributed by atoms with van der Waals surface area (Å²) in [6.45, 7) is 4.51. The van der Waals surface area contributed by atoms with Gasteiger partial charge in [0, 0.05) is 32.8 Å². The van der Waals surface area contributed by atoms with Gasteiger partial charge in [-0.25, -0.2) is 5.84 Å². The third-order valence-electron chi connectivity index (χ3n) is 4.08. The number of nitrogens with one attached hydrogen (secondary N) is 1. The van der Waals surface area contributed by atoms with Crippen LogP contribution in [-0.2, 0) is 9.53 Å². The molecule has 0 aromatic carbocycles. The number of nitrogens with two attached hydrogens (primary N) is 1. The molecular weight excluding hydrogens is 232 g/mol. The molecule has 6 heteroatoms. The van der Waals surface area contributed by atoms with Gasteiger partial charge in [-0.3, -0.25) is 20.0 Å². The van der Waals surface area contributed by atoms with Crippen molar-refractivity contribution in [2.45, 2.75) is 31.3 Å². The van der Waals surface area contributed by atoms with Gasteiger partial charge in [-0.05, 0) is 19.4 Å². The van der Waals surface area contributed by atoms with Crippen LogP contribution in [0.25, 0.3) is 0 Å². The van der Waals surface area contributed by atoms with Crippen molar-refractivity contribution in [3.8, 4) is 0 Å². The van der Waals surface area contributed by atoms with Crippen molar-refractivity contribution in [3.05, 3.63) is 0 Å². The summed E-state index contributed by atoms with van der Waals surface area (Å²) in [5, 5.41) is 0. The van der Waals surface area contributed by atoms with E-state index in [2.05, 4.69) is 15.2 Å². The number of nitrogens with zero attached hydrogens (tertiary/aromatic N) is 2. The van der Waals surface area contributed by atoms with Gasteiger partial charge in [0.05, 0.1) is 6.61 Å². The van der Waals surface area contributed by atoms with Crippen LogP contribution >= 0.6 is 0 Å². The highest BCUT2D eigenvalue weighted by atomic mass is 16.5. The van der Waals surface area contributed by atoms with Crippen LogP contribution in [0.15, 0.2) is 0 Å². The quantitative estimate of drug-likeness (QED) is 0.390. The number of rotatable bonds is 4. The Morgan fingerprint density at radius 2 is 2.28 bits per heavy atom.